The number of nitrogens with zero attached hydrogens (tertiary/aromatic N) is 1. The second kappa shape index (κ2) is 7.56. The molecule has 1 atom stereocenters. The van der Waals surface area contributed by atoms with Crippen molar-refractivity contribution in [2.75, 3.05) is 13.1 Å². The van der Waals surface area contributed by atoms with Crippen molar-refractivity contribution < 1.29 is 13.2 Å². The molecule has 0 radical (unpaired) electrons. The molecule has 3 rings (SSSR count). The number of carbonyl (C=O) groups excluding carboxylic acids is 1. The van der Waals surface area contributed by atoms with E-state index in [0.717, 1.165) is 5.56 Å². The predicted molar refractivity (Wildman–Crippen MR) is 96.6 cm³/mol. The van der Waals surface area contributed by atoms with E-state index in [4.69, 9.17) is 11.6 Å². The third-order valence-electron chi connectivity index (χ3n) is 4.20. The zero-order valence-corrected chi connectivity index (χ0v) is 15.1. The summed E-state index contributed by atoms with van der Waals surface area (Å²) in [6.45, 7) is 1.30. The van der Waals surface area contributed by atoms with E-state index in [-0.39, 0.29) is 28.3 Å². The van der Waals surface area contributed by atoms with Gasteiger partial charge in [0.2, 0.25) is 15.9 Å². The fourth-order valence-electron chi connectivity index (χ4n) is 2.92. The molecule has 0 saturated carbocycles. The molecule has 1 N–H and O–H groups in total. The van der Waals surface area contributed by atoms with Gasteiger partial charge >= 0.3 is 0 Å². The van der Waals surface area contributed by atoms with E-state index in [2.05, 4.69) is 4.72 Å². The lowest BCUT2D eigenvalue weighted by Gasteiger charge is -2.17. The minimum absolute atomic E-state index is 0.0470. The summed E-state index contributed by atoms with van der Waals surface area (Å²) in [5.41, 5.74) is 1.06. The van der Waals surface area contributed by atoms with Crippen LogP contribution in [-0.4, -0.2) is 32.3 Å². The summed E-state index contributed by atoms with van der Waals surface area (Å²) in [6.07, 6.45) is 0.345. The number of hydrogen-bond donors (Lipinski definition) is 1. The molecular formula is C18H19ClN2O3S. The first-order valence-electron chi connectivity index (χ1n) is 8.01. The van der Waals surface area contributed by atoms with Crippen molar-refractivity contribution in [1.82, 2.24) is 9.62 Å². The van der Waals surface area contributed by atoms with Crippen LogP contribution in [-0.2, 0) is 21.4 Å². The lowest BCUT2D eigenvalue weighted by molar-refractivity contribution is -0.128. The lowest BCUT2D eigenvalue weighted by atomic mass is 10.1. The van der Waals surface area contributed by atoms with Crippen molar-refractivity contribution in [3.8, 4) is 0 Å². The highest BCUT2D eigenvalue weighted by Gasteiger charge is 2.30. The molecule has 0 aliphatic carbocycles. The van der Waals surface area contributed by atoms with E-state index in [9.17, 15) is 13.2 Å². The number of carbonyl (C=O) groups is 1. The highest BCUT2D eigenvalue weighted by atomic mass is 35.5. The van der Waals surface area contributed by atoms with Crippen molar-refractivity contribution >= 4 is 27.5 Å². The van der Waals surface area contributed by atoms with Gasteiger partial charge in [-0.2, -0.15) is 0 Å². The minimum Gasteiger partial charge on any atom is -0.338 e. The largest absolute Gasteiger partial charge is 0.338 e. The highest BCUT2D eigenvalue weighted by Crippen LogP contribution is 2.22. The Morgan fingerprint density at radius 3 is 2.48 bits per heavy atom. The Morgan fingerprint density at radius 1 is 1.08 bits per heavy atom. The van der Waals surface area contributed by atoms with Crippen LogP contribution in [0.25, 0.3) is 0 Å². The average Bonchev–Trinajstić information content (AvgIpc) is 2.94. The van der Waals surface area contributed by atoms with Gasteiger partial charge in [-0.05, 0) is 23.6 Å². The molecule has 2 aromatic carbocycles. The van der Waals surface area contributed by atoms with E-state index in [1.54, 1.807) is 17.0 Å². The fourth-order valence-corrected chi connectivity index (χ4v) is 4.55. The first-order valence-corrected chi connectivity index (χ1v) is 9.88. The van der Waals surface area contributed by atoms with Gasteiger partial charge in [0.05, 0.1) is 5.02 Å². The number of nitrogens with one attached hydrogen (secondary N) is 1. The van der Waals surface area contributed by atoms with Gasteiger partial charge in [-0.15, -0.1) is 0 Å². The lowest BCUT2D eigenvalue weighted by Crippen LogP contribution is -2.31. The molecule has 1 heterocycles. The van der Waals surface area contributed by atoms with Gasteiger partial charge in [-0.1, -0.05) is 54.1 Å². The number of sulfonamides is 1. The standard InChI is InChI=1S/C18H19ClN2O3S/c19-16-8-4-5-9-17(16)25(23,24)20-11-15-10-18(22)21(13-15)12-14-6-2-1-3-7-14/h1-9,15,20H,10-13H2. The number of rotatable bonds is 6. The van der Waals surface area contributed by atoms with Crippen LogP contribution in [0, 0.1) is 5.92 Å². The molecule has 7 heteroatoms. The average molecular weight is 379 g/mol. The third kappa shape index (κ3) is 4.39. The van der Waals surface area contributed by atoms with Crippen LogP contribution in [0.4, 0.5) is 0 Å². The van der Waals surface area contributed by atoms with Gasteiger partial charge in [0, 0.05) is 26.1 Å². The predicted octanol–water partition coefficient (Wildman–Crippen LogP) is 2.67. The molecule has 1 saturated heterocycles. The number of amides is 1. The Balaban J connectivity index is 1.59. The molecule has 0 aromatic heterocycles. The Hall–Kier alpha value is -1.89. The molecule has 5 nitrogen and oxygen atoms in total. The van der Waals surface area contributed by atoms with E-state index >= 15 is 0 Å². The van der Waals surface area contributed by atoms with Crippen molar-refractivity contribution in [2.45, 2.75) is 17.9 Å². The van der Waals surface area contributed by atoms with Crippen LogP contribution in [0.3, 0.4) is 0 Å². The Bertz CT molecular complexity index is 856. The summed E-state index contributed by atoms with van der Waals surface area (Å²) in [5.74, 6) is -0.000676. The second-order valence-electron chi connectivity index (χ2n) is 6.11. The van der Waals surface area contributed by atoms with Crippen LogP contribution < -0.4 is 4.72 Å². The van der Waals surface area contributed by atoms with E-state index in [0.29, 0.717) is 19.5 Å². The highest BCUT2D eigenvalue weighted by molar-refractivity contribution is 7.89. The molecule has 0 bridgehead atoms. The van der Waals surface area contributed by atoms with Crippen molar-refractivity contribution in [2.24, 2.45) is 5.92 Å². The first-order chi connectivity index (χ1) is 12.0. The number of halogens is 1. The quantitative estimate of drug-likeness (QED) is 0.840. The van der Waals surface area contributed by atoms with Crippen molar-refractivity contribution in [3.05, 3.63) is 65.2 Å². The van der Waals surface area contributed by atoms with Gasteiger partial charge in [0.1, 0.15) is 4.90 Å². The zero-order valence-electron chi connectivity index (χ0n) is 13.6. The molecule has 1 unspecified atom stereocenters. The van der Waals surface area contributed by atoms with Gasteiger partial charge in [-0.3, -0.25) is 4.79 Å². The van der Waals surface area contributed by atoms with E-state index < -0.39 is 10.0 Å². The summed E-state index contributed by atoms with van der Waals surface area (Å²) in [6, 6.07) is 16.1. The Labute approximate surface area is 152 Å². The van der Waals surface area contributed by atoms with Gasteiger partial charge in [0.25, 0.3) is 0 Å². The summed E-state index contributed by atoms with van der Waals surface area (Å²) >= 11 is 5.96. The molecule has 1 fully saturated rings. The molecule has 1 aliphatic heterocycles. The van der Waals surface area contributed by atoms with Gasteiger partial charge < -0.3 is 4.90 Å². The maximum Gasteiger partial charge on any atom is 0.242 e. The van der Waals surface area contributed by atoms with E-state index in [1.165, 1.54) is 12.1 Å². The molecular weight excluding hydrogens is 360 g/mol. The smallest absolute Gasteiger partial charge is 0.242 e. The van der Waals surface area contributed by atoms with Crippen LogP contribution in [0.2, 0.25) is 5.02 Å². The fraction of sp³-hybridized carbons (Fsp3) is 0.278. The summed E-state index contributed by atoms with van der Waals surface area (Å²) in [5, 5.41) is 0.184. The summed E-state index contributed by atoms with van der Waals surface area (Å²) in [7, 11) is -3.68. The number of benzene rings is 2. The van der Waals surface area contributed by atoms with E-state index in [1.807, 2.05) is 30.3 Å². The van der Waals surface area contributed by atoms with Crippen molar-refractivity contribution in [3.63, 3.8) is 0 Å². The Kier molecular flexibility index (Phi) is 5.42. The molecule has 2 aromatic rings. The number of likely N-dealkylation sites (tertiary alicyclic amines) is 1. The maximum absolute atomic E-state index is 12.4. The second-order valence-corrected chi connectivity index (χ2v) is 8.25. The SMILES string of the molecule is O=C1CC(CNS(=O)(=O)c2ccccc2Cl)CN1Cc1ccccc1. The molecule has 132 valence electrons. The van der Waals surface area contributed by atoms with Crippen LogP contribution >= 0.6 is 11.6 Å². The molecule has 25 heavy (non-hydrogen) atoms. The molecule has 1 aliphatic rings. The third-order valence-corrected chi connectivity index (χ3v) is 6.12. The number of hydrogen-bond acceptors (Lipinski definition) is 3. The summed E-state index contributed by atoms with van der Waals surface area (Å²) < 4.78 is 27.3. The van der Waals surface area contributed by atoms with Crippen LogP contribution in [0.1, 0.15) is 12.0 Å². The van der Waals surface area contributed by atoms with Gasteiger partial charge in [-0.25, -0.2) is 13.1 Å². The minimum atomic E-state index is -3.68. The Morgan fingerprint density at radius 2 is 1.76 bits per heavy atom. The monoisotopic (exact) mass is 378 g/mol. The van der Waals surface area contributed by atoms with Crippen LogP contribution in [0.5, 0.6) is 0 Å². The zero-order chi connectivity index (χ0) is 17.9. The normalized spacial score (nSPS) is 17.9. The topological polar surface area (TPSA) is 66.5 Å². The molecule has 1 amide bonds. The molecule has 0 spiro atoms. The first kappa shape index (κ1) is 17.9. The van der Waals surface area contributed by atoms with Crippen LogP contribution in [0.15, 0.2) is 59.5 Å². The summed E-state index contributed by atoms with van der Waals surface area (Å²) in [4.78, 5) is 14.0. The van der Waals surface area contributed by atoms with Gasteiger partial charge in [0.15, 0.2) is 0 Å². The maximum atomic E-state index is 12.4. The van der Waals surface area contributed by atoms with Crippen molar-refractivity contribution in [1.29, 1.82) is 0 Å².